The molecule has 0 amide bonds. The molecule has 2 fully saturated rings. The third kappa shape index (κ3) is 1.82. The molecule has 1 aromatic heterocycles. The van der Waals surface area contributed by atoms with Crippen molar-refractivity contribution in [1.82, 2.24) is 10.3 Å². The van der Waals surface area contributed by atoms with Crippen LogP contribution in [0.2, 0.25) is 0 Å². The standard InChI is InChI=1S/C13H18N2O3/c1-7-10(15-6-18-7)5-14-12-9-3-2-8(4-9)11(12)13(16)17/h6,8-9,11-12,14H,2-5H2,1H3,(H,16,17). The number of carbonyl (C=O) groups is 1. The number of carboxylic acid groups (broad SMARTS) is 1. The Balaban J connectivity index is 1.68. The van der Waals surface area contributed by atoms with Gasteiger partial charge in [0.15, 0.2) is 6.39 Å². The molecule has 2 saturated carbocycles. The Morgan fingerprint density at radius 2 is 2.33 bits per heavy atom. The first-order valence-electron chi connectivity index (χ1n) is 6.52. The molecular formula is C13H18N2O3. The highest BCUT2D eigenvalue weighted by molar-refractivity contribution is 5.72. The van der Waals surface area contributed by atoms with Crippen molar-refractivity contribution < 1.29 is 14.3 Å². The predicted molar refractivity (Wildman–Crippen MR) is 63.8 cm³/mol. The number of hydrogen-bond donors (Lipinski definition) is 2. The molecule has 0 saturated heterocycles. The first-order valence-corrected chi connectivity index (χ1v) is 6.52. The van der Waals surface area contributed by atoms with Crippen LogP contribution in [0.15, 0.2) is 10.8 Å². The van der Waals surface area contributed by atoms with Gasteiger partial charge in [-0.05, 0) is 38.0 Å². The van der Waals surface area contributed by atoms with E-state index in [4.69, 9.17) is 4.42 Å². The van der Waals surface area contributed by atoms with Crippen molar-refractivity contribution in [2.45, 2.75) is 38.8 Å². The monoisotopic (exact) mass is 250 g/mol. The van der Waals surface area contributed by atoms with Crippen LogP contribution >= 0.6 is 0 Å². The van der Waals surface area contributed by atoms with Gasteiger partial charge in [-0.3, -0.25) is 4.79 Å². The SMILES string of the molecule is Cc1ocnc1CNC1C2CCC(C2)C1C(=O)O. The molecule has 0 radical (unpaired) electrons. The maximum absolute atomic E-state index is 11.4. The molecule has 5 nitrogen and oxygen atoms in total. The van der Waals surface area contributed by atoms with Crippen molar-refractivity contribution in [3.05, 3.63) is 17.8 Å². The summed E-state index contributed by atoms with van der Waals surface area (Å²) in [5.41, 5.74) is 0.877. The van der Waals surface area contributed by atoms with E-state index in [1.807, 2.05) is 6.92 Å². The van der Waals surface area contributed by atoms with Crippen molar-refractivity contribution in [3.8, 4) is 0 Å². The Morgan fingerprint density at radius 3 is 3.00 bits per heavy atom. The number of nitrogens with zero attached hydrogens (tertiary/aromatic N) is 1. The van der Waals surface area contributed by atoms with Gasteiger partial charge in [0.2, 0.25) is 0 Å². The lowest BCUT2D eigenvalue weighted by molar-refractivity contribution is -0.144. The second-order valence-corrected chi connectivity index (χ2v) is 5.46. The maximum atomic E-state index is 11.4. The van der Waals surface area contributed by atoms with Crippen LogP contribution in [-0.2, 0) is 11.3 Å². The number of aliphatic carboxylic acids is 1. The Morgan fingerprint density at radius 1 is 1.56 bits per heavy atom. The van der Waals surface area contributed by atoms with Crippen molar-refractivity contribution in [3.63, 3.8) is 0 Å². The average Bonchev–Trinajstić information content (AvgIpc) is 3.00. The number of hydrogen-bond acceptors (Lipinski definition) is 4. The summed E-state index contributed by atoms with van der Waals surface area (Å²) in [6.45, 7) is 2.47. The van der Waals surface area contributed by atoms with Crippen LogP contribution in [0, 0.1) is 24.7 Å². The molecule has 4 atom stereocenters. The summed E-state index contributed by atoms with van der Waals surface area (Å²) >= 11 is 0. The second-order valence-electron chi connectivity index (χ2n) is 5.46. The minimum absolute atomic E-state index is 0.0948. The fourth-order valence-corrected chi connectivity index (χ4v) is 3.65. The molecule has 18 heavy (non-hydrogen) atoms. The highest BCUT2D eigenvalue weighted by atomic mass is 16.4. The molecule has 2 bridgehead atoms. The minimum Gasteiger partial charge on any atom is -0.481 e. The van der Waals surface area contributed by atoms with Gasteiger partial charge in [-0.15, -0.1) is 0 Å². The number of nitrogens with one attached hydrogen (secondary N) is 1. The van der Waals surface area contributed by atoms with Crippen molar-refractivity contribution in [2.75, 3.05) is 0 Å². The maximum Gasteiger partial charge on any atom is 0.308 e. The van der Waals surface area contributed by atoms with E-state index in [1.54, 1.807) is 0 Å². The first-order chi connectivity index (χ1) is 8.66. The van der Waals surface area contributed by atoms with Crippen molar-refractivity contribution in [2.24, 2.45) is 17.8 Å². The van der Waals surface area contributed by atoms with Gasteiger partial charge in [0.1, 0.15) is 5.76 Å². The molecule has 2 aliphatic rings. The average molecular weight is 250 g/mol. The molecule has 4 unspecified atom stereocenters. The fraction of sp³-hybridized carbons (Fsp3) is 0.692. The van der Waals surface area contributed by atoms with Gasteiger partial charge in [-0.2, -0.15) is 0 Å². The van der Waals surface area contributed by atoms with Gasteiger partial charge >= 0.3 is 5.97 Å². The molecule has 1 aromatic rings. The van der Waals surface area contributed by atoms with Crippen LogP contribution in [0.5, 0.6) is 0 Å². The van der Waals surface area contributed by atoms with E-state index in [0.717, 1.165) is 30.7 Å². The first kappa shape index (κ1) is 11.7. The van der Waals surface area contributed by atoms with E-state index in [-0.39, 0.29) is 12.0 Å². The number of rotatable bonds is 4. The molecule has 0 aromatic carbocycles. The number of oxazole rings is 1. The smallest absolute Gasteiger partial charge is 0.308 e. The summed E-state index contributed by atoms with van der Waals surface area (Å²) in [6.07, 6.45) is 4.72. The highest BCUT2D eigenvalue weighted by Crippen LogP contribution is 2.48. The lowest BCUT2D eigenvalue weighted by atomic mass is 9.84. The van der Waals surface area contributed by atoms with Crippen LogP contribution in [-0.4, -0.2) is 22.1 Å². The molecular weight excluding hydrogens is 232 g/mol. The summed E-state index contributed by atoms with van der Waals surface area (Å²) in [7, 11) is 0. The number of aromatic nitrogens is 1. The molecule has 2 N–H and O–H groups in total. The number of carboxylic acids is 1. The molecule has 0 aliphatic heterocycles. The van der Waals surface area contributed by atoms with E-state index in [0.29, 0.717) is 18.4 Å². The predicted octanol–water partition coefficient (Wildman–Crippen LogP) is 1.57. The number of fused-ring (bicyclic) bond motifs is 2. The van der Waals surface area contributed by atoms with Gasteiger partial charge in [-0.1, -0.05) is 0 Å². The Labute approximate surface area is 106 Å². The summed E-state index contributed by atoms with van der Waals surface area (Å²) < 4.78 is 5.15. The molecule has 1 heterocycles. The second kappa shape index (κ2) is 4.39. The van der Waals surface area contributed by atoms with Crippen molar-refractivity contribution in [1.29, 1.82) is 0 Å². The Hall–Kier alpha value is -1.36. The normalized spacial score (nSPS) is 34.1. The van der Waals surface area contributed by atoms with Gasteiger partial charge in [0, 0.05) is 12.6 Å². The Kier molecular flexibility index (Phi) is 2.86. The zero-order valence-electron chi connectivity index (χ0n) is 10.4. The van der Waals surface area contributed by atoms with Crippen LogP contribution in [0.1, 0.15) is 30.7 Å². The topological polar surface area (TPSA) is 75.4 Å². The molecule has 0 spiro atoms. The quantitative estimate of drug-likeness (QED) is 0.848. The van der Waals surface area contributed by atoms with Gasteiger partial charge in [0.25, 0.3) is 0 Å². The Bertz CT molecular complexity index is 457. The third-order valence-electron chi connectivity index (χ3n) is 4.55. The highest BCUT2D eigenvalue weighted by Gasteiger charge is 2.50. The largest absolute Gasteiger partial charge is 0.481 e. The van der Waals surface area contributed by atoms with Gasteiger partial charge in [0.05, 0.1) is 11.6 Å². The summed E-state index contributed by atoms with van der Waals surface area (Å²) in [6, 6.07) is 0.0948. The van der Waals surface area contributed by atoms with Crippen molar-refractivity contribution >= 4 is 5.97 Å². The van der Waals surface area contributed by atoms with E-state index in [2.05, 4.69) is 10.3 Å². The summed E-state index contributed by atoms with van der Waals surface area (Å²) in [4.78, 5) is 15.5. The zero-order chi connectivity index (χ0) is 12.7. The van der Waals surface area contributed by atoms with Gasteiger partial charge < -0.3 is 14.8 Å². The lowest BCUT2D eigenvalue weighted by Gasteiger charge is -2.28. The molecule has 98 valence electrons. The van der Waals surface area contributed by atoms with E-state index < -0.39 is 5.97 Å². The van der Waals surface area contributed by atoms with Crippen LogP contribution in [0.25, 0.3) is 0 Å². The number of aryl methyl sites for hydroxylation is 1. The molecule has 3 rings (SSSR count). The molecule has 2 aliphatic carbocycles. The van der Waals surface area contributed by atoms with E-state index in [1.165, 1.54) is 6.39 Å². The van der Waals surface area contributed by atoms with Crippen LogP contribution in [0.3, 0.4) is 0 Å². The minimum atomic E-state index is -0.656. The zero-order valence-corrected chi connectivity index (χ0v) is 10.4. The fourth-order valence-electron chi connectivity index (χ4n) is 3.65. The van der Waals surface area contributed by atoms with E-state index in [9.17, 15) is 9.90 Å². The van der Waals surface area contributed by atoms with Gasteiger partial charge in [-0.25, -0.2) is 4.98 Å². The van der Waals surface area contributed by atoms with Crippen LogP contribution in [0.4, 0.5) is 0 Å². The summed E-state index contributed by atoms with van der Waals surface area (Å²) in [5.74, 6) is 0.803. The summed E-state index contributed by atoms with van der Waals surface area (Å²) in [5, 5.41) is 12.7. The lowest BCUT2D eigenvalue weighted by Crippen LogP contribution is -2.43. The van der Waals surface area contributed by atoms with Crippen LogP contribution < -0.4 is 5.32 Å². The van der Waals surface area contributed by atoms with E-state index >= 15 is 0 Å². The molecule has 5 heteroatoms. The third-order valence-corrected chi connectivity index (χ3v) is 4.55.